The maximum atomic E-state index is 12.5. The molecule has 0 saturated heterocycles. The van der Waals surface area contributed by atoms with E-state index in [9.17, 15) is 13.2 Å². The zero-order valence-electron chi connectivity index (χ0n) is 13.8. The Bertz CT molecular complexity index is 892. The lowest BCUT2D eigenvalue weighted by molar-refractivity contribution is 0.102. The maximum absolute atomic E-state index is 12.5. The highest BCUT2D eigenvalue weighted by Crippen LogP contribution is 2.36. The number of hydrogen-bond acceptors (Lipinski definition) is 6. The number of rotatable bonds is 3. The highest BCUT2D eigenvalue weighted by Gasteiger charge is 2.31. The van der Waals surface area contributed by atoms with E-state index in [2.05, 4.69) is 10.3 Å². The molecule has 0 aliphatic carbocycles. The number of nitrogens with one attached hydrogen (secondary N) is 1. The first-order chi connectivity index (χ1) is 11.4. The van der Waals surface area contributed by atoms with Gasteiger partial charge in [-0.2, -0.15) is 0 Å². The molecule has 26 heavy (non-hydrogen) atoms. The van der Waals surface area contributed by atoms with Crippen molar-refractivity contribution in [3.8, 4) is 5.75 Å². The van der Waals surface area contributed by atoms with Gasteiger partial charge in [-0.3, -0.25) is 9.78 Å². The molecule has 1 amide bonds. The minimum absolute atomic E-state index is 0. The quantitative estimate of drug-likeness (QED) is 0.789. The number of benzene rings is 1. The number of nitrogens with two attached hydrogens (primary N) is 1. The number of sulfone groups is 1. The fourth-order valence-electron chi connectivity index (χ4n) is 2.66. The fourth-order valence-corrected chi connectivity index (χ4v) is 4.31. The van der Waals surface area contributed by atoms with Gasteiger partial charge in [0.2, 0.25) is 0 Å². The van der Waals surface area contributed by atoms with E-state index in [0.717, 1.165) is 0 Å². The molecular weight excluding hydrogens is 401 g/mol. The van der Waals surface area contributed by atoms with Crippen LogP contribution in [0.5, 0.6) is 5.75 Å². The lowest BCUT2D eigenvalue weighted by Crippen LogP contribution is -2.26. The Balaban J connectivity index is 0.00000169. The van der Waals surface area contributed by atoms with Crippen LogP contribution in [-0.4, -0.2) is 32.2 Å². The number of hydrogen-bond donors (Lipinski definition) is 2. The number of nitrogens with zero attached hydrogens (tertiary/aromatic N) is 1. The molecule has 10 heteroatoms. The summed E-state index contributed by atoms with van der Waals surface area (Å²) in [4.78, 5) is 16.5. The normalized spacial score (nSPS) is 17.1. The van der Waals surface area contributed by atoms with Crippen LogP contribution in [0.2, 0.25) is 0 Å². The van der Waals surface area contributed by atoms with E-state index in [-0.39, 0.29) is 46.8 Å². The van der Waals surface area contributed by atoms with Crippen molar-refractivity contribution in [3.63, 3.8) is 0 Å². The van der Waals surface area contributed by atoms with Gasteiger partial charge in [-0.05, 0) is 36.2 Å². The second kappa shape index (κ2) is 8.68. The van der Waals surface area contributed by atoms with E-state index in [1.165, 1.54) is 19.2 Å². The van der Waals surface area contributed by atoms with Crippen molar-refractivity contribution in [2.45, 2.75) is 17.4 Å². The Labute approximate surface area is 164 Å². The molecule has 1 aliphatic rings. The number of carbonyl (C=O) groups is 1. The molecule has 0 fully saturated rings. The third-order valence-electron chi connectivity index (χ3n) is 3.95. The minimum Gasteiger partial charge on any atom is -0.496 e. The first-order valence-electron chi connectivity index (χ1n) is 7.34. The summed E-state index contributed by atoms with van der Waals surface area (Å²) in [5.41, 5.74) is 7.19. The molecule has 0 spiro atoms. The number of methoxy groups -OCH3 is 1. The second-order valence-electron chi connectivity index (χ2n) is 5.49. The van der Waals surface area contributed by atoms with E-state index in [0.29, 0.717) is 17.7 Å². The Kier molecular flexibility index (Phi) is 7.40. The van der Waals surface area contributed by atoms with Gasteiger partial charge in [-0.15, -0.1) is 24.8 Å². The summed E-state index contributed by atoms with van der Waals surface area (Å²) < 4.78 is 29.9. The van der Waals surface area contributed by atoms with E-state index in [1.807, 2.05) is 0 Å². The van der Waals surface area contributed by atoms with Crippen molar-refractivity contribution in [1.29, 1.82) is 0 Å². The second-order valence-corrected chi connectivity index (χ2v) is 7.57. The molecule has 1 aliphatic heterocycles. The largest absolute Gasteiger partial charge is 0.496 e. The highest BCUT2D eigenvalue weighted by molar-refractivity contribution is 7.91. The average molecular weight is 420 g/mol. The molecule has 3 N–H and O–H groups in total. The summed E-state index contributed by atoms with van der Waals surface area (Å²) in [6, 6.07) is 5.76. The van der Waals surface area contributed by atoms with Crippen molar-refractivity contribution < 1.29 is 17.9 Å². The molecule has 0 unspecified atom stereocenters. The zero-order valence-corrected chi connectivity index (χ0v) is 16.3. The van der Waals surface area contributed by atoms with Gasteiger partial charge in [-0.25, -0.2) is 8.42 Å². The minimum atomic E-state index is -3.45. The molecule has 0 radical (unpaired) electrons. The first kappa shape index (κ1) is 22.2. The van der Waals surface area contributed by atoms with Gasteiger partial charge < -0.3 is 15.8 Å². The van der Waals surface area contributed by atoms with Crippen molar-refractivity contribution in [2.75, 3.05) is 18.2 Å². The molecular formula is C16H19Cl2N3O4S. The van der Waals surface area contributed by atoms with E-state index in [4.69, 9.17) is 10.5 Å². The lowest BCUT2D eigenvalue weighted by Gasteiger charge is -2.24. The zero-order chi connectivity index (χ0) is 17.3. The number of anilines is 1. The first-order valence-corrected chi connectivity index (χ1v) is 8.99. The lowest BCUT2D eigenvalue weighted by atomic mass is 10.0. The van der Waals surface area contributed by atoms with Crippen LogP contribution in [0.3, 0.4) is 0 Å². The van der Waals surface area contributed by atoms with Crippen molar-refractivity contribution >= 4 is 46.2 Å². The van der Waals surface area contributed by atoms with E-state index >= 15 is 0 Å². The molecule has 0 bridgehead atoms. The molecule has 142 valence electrons. The number of halogens is 2. The van der Waals surface area contributed by atoms with Gasteiger partial charge >= 0.3 is 0 Å². The predicted molar refractivity (Wildman–Crippen MR) is 103 cm³/mol. The summed E-state index contributed by atoms with van der Waals surface area (Å²) in [6.45, 7) is 0. The monoisotopic (exact) mass is 419 g/mol. The number of ether oxygens (including phenoxy) is 1. The SMILES string of the molecule is COc1cc2c(cc1C(=O)Nc1ccncc1)S(=O)(=O)CC[C@@H]2N.Cl.Cl. The molecule has 3 rings (SSSR count). The van der Waals surface area contributed by atoms with Gasteiger partial charge in [0.1, 0.15) is 5.75 Å². The molecule has 1 atom stereocenters. The molecule has 0 saturated carbocycles. The molecule has 7 nitrogen and oxygen atoms in total. The number of fused-ring (bicyclic) bond motifs is 1. The van der Waals surface area contributed by atoms with Crippen LogP contribution in [0.15, 0.2) is 41.6 Å². The standard InChI is InChI=1S/C16H17N3O4S.2ClH/c1-23-14-8-11-13(17)4-7-24(21,22)15(11)9-12(14)16(20)19-10-2-5-18-6-3-10;;/h2-3,5-6,8-9,13H,4,7,17H2,1H3,(H,18,19,20);2*1H/t13-;;/m0../s1. The third-order valence-corrected chi connectivity index (χ3v) is 5.74. The van der Waals surface area contributed by atoms with Crippen LogP contribution < -0.4 is 15.8 Å². The van der Waals surface area contributed by atoms with Crippen LogP contribution in [-0.2, 0) is 9.84 Å². The fraction of sp³-hybridized carbons (Fsp3) is 0.250. The highest BCUT2D eigenvalue weighted by atomic mass is 35.5. The molecule has 1 aromatic carbocycles. The Hall–Kier alpha value is -1.87. The number of amides is 1. The summed E-state index contributed by atoms with van der Waals surface area (Å²) in [6.07, 6.45) is 3.44. The van der Waals surface area contributed by atoms with Gasteiger partial charge in [0, 0.05) is 24.1 Å². The summed E-state index contributed by atoms with van der Waals surface area (Å²) in [5, 5.41) is 2.69. The van der Waals surface area contributed by atoms with Crippen LogP contribution in [0.1, 0.15) is 28.4 Å². The van der Waals surface area contributed by atoms with Gasteiger partial charge in [-0.1, -0.05) is 0 Å². The summed E-state index contributed by atoms with van der Waals surface area (Å²) >= 11 is 0. The maximum Gasteiger partial charge on any atom is 0.259 e. The van der Waals surface area contributed by atoms with E-state index in [1.54, 1.807) is 24.5 Å². The number of pyridine rings is 1. The average Bonchev–Trinajstić information content (AvgIpc) is 2.58. The van der Waals surface area contributed by atoms with Gasteiger partial charge in [0.15, 0.2) is 9.84 Å². The number of carbonyl (C=O) groups excluding carboxylic acids is 1. The van der Waals surface area contributed by atoms with Crippen LogP contribution in [0.25, 0.3) is 0 Å². The smallest absolute Gasteiger partial charge is 0.259 e. The van der Waals surface area contributed by atoms with Crippen molar-refractivity contribution in [2.24, 2.45) is 5.73 Å². The molecule has 2 heterocycles. The van der Waals surface area contributed by atoms with E-state index < -0.39 is 21.8 Å². The van der Waals surface area contributed by atoms with Crippen molar-refractivity contribution in [3.05, 3.63) is 47.8 Å². The Morgan fingerprint density at radius 1 is 1.27 bits per heavy atom. The molecule has 1 aromatic heterocycles. The van der Waals surface area contributed by atoms with Crippen LogP contribution in [0.4, 0.5) is 5.69 Å². The number of aromatic nitrogens is 1. The molecule has 2 aromatic rings. The summed E-state index contributed by atoms with van der Waals surface area (Å²) in [5.74, 6) is -0.207. The Morgan fingerprint density at radius 2 is 1.92 bits per heavy atom. The van der Waals surface area contributed by atoms with Crippen molar-refractivity contribution in [1.82, 2.24) is 4.98 Å². The topological polar surface area (TPSA) is 111 Å². The van der Waals surface area contributed by atoms with Crippen LogP contribution >= 0.6 is 24.8 Å². The van der Waals surface area contributed by atoms with Crippen LogP contribution in [0, 0.1) is 0 Å². The Morgan fingerprint density at radius 3 is 2.54 bits per heavy atom. The third kappa shape index (κ3) is 4.27. The van der Waals surface area contributed by atoms with Gasteiger partial charge in [0.05, 0.1) is 23.3 Å². The predicted octanol–water partition coefficient (Wildman–Crippen LogP) is 2.36. The van der Waals surface area contributed by atoms with Gasteiger partial charge in [0.25, 0.3) is 5.91 Å². The summed E-state index contributed by atoms with van der Waals surface area (Å²) in [7, 11) is -2.03.